The van der Waals surface area contributed by atoms with Crippen molar-refractivity contribution in [3.63, 3.8) is 0 Å². The molecular formula is C18H23IN4O3. The van der Waals surface area contributed by atoms with Gasteiger partial charge >= 0.3 is 0 Å². The van der Waals surface area contributed by atoms with Crippen molar-refractivity contribution < 1.29 is 14.3 Å². The Labute approximate surface area is 170 Å². The van der Waals surface area contributed by atoms with Crippen molar-refractivity contribution in [3.8, 4) is 11.5 Å². The minimum Gasteiger partial charge on any atom is -0.493 e. The molecule has 0 aliphatic rings. The Kier molecular flexibility index (Phi) is 9.27. The fourth-order valence-corrected chi connectivity index (χ4v) is 2.11. The summed E-state index contributed by atoms with van der Waals surface area (Å²) >= 11 is 0. The quantitative estimate of drug-likeness (QED) is 0.328. The normalized spacial score (nSPS) is 10.5. The van der Waals surface area contributed by atoms with Crippen LogP contribution in [-0.4, -0.2) is 32.6 Å². The molecule has 0 heterocycles. The van der Waals surface area contributed by atoms with E-state index in [-0.39, 0.29) is 42.4 Å². The highest BCUT2D eigenvalue weighted by atomic mass is 127. The van der Waals surface area contributed by atoms with Gasteiger partial charge in [0.05, 0.1) is 27.3 Å². The van der Waals surface area contributed by atoms with Crippen LogP contribution in [0.2, 0.25) is 0 Å². The molecule has 0 atom stereocenters. The molecule has 1 amide bonds. The van der Waals surface area contributed by atoms with Gasteiger partial charge in [-0.05, 0) is 29.8 Å². The van der Waals surface area contributed by atoms with Gasteiger partial charge in [0.2, 0.25) is 5.91 Å². The molecule has 0 spiro atoms. The highest BCUT2D eigenvalue weighted by Crippen LogP contribution is 2.27. The minimum absolute atomic E-state index is 0. The van der Waals surface area contributed by atoms with Crippen LogP contribution in [0.25, 0.3) is 0 Å². The average Bonchev–Trinajstić information content (AvgIpc) is 2.65. The number of hydrogen-bond donors (Lipinski definition) is 3. The minimum atomic E-state index is -0.199. The van der Waals surface area contributed by atoms with E-state index in [1.54, 1.807) is 20.3 Å². The highest BCUT2D eigenvalue weighted by Gasteiger charge is 2.05. The molecule has 0 aliphatic carbocycles. The van der Waals surface area contributed by atoms with E-state index in [9.17, 15) is 4.79 Å². The average molecular weight is 470 g/mol. The maximum atomic E-state index is 11.8. The zero-order valence-electron chi connectivity index (χ0n) is 14.7. The van der Waals surface area contributed by atoms with E-state index in [0.717, 1.165) is 11.3 Å². The van der Waals surface area contributed by atoms with Crippen molar-refractivity contribution in [1.29, 1.82) is 0 Å². The predicted octanol–water partition coefficient (Wildman–Crippen LogP) is 2.36. The van der Waals surface area contributed by atoms with Gasteiger partial charge in [-0.25, -0.2) is 4.99 Å². The summed E-state index contributed by atoms with van der Waals surface area (Å²) in [6, 6.07) is 14.7. The Balaban J connectivity index is 0.00000338. The van der Waals surface area contributed by atoms with Crippen molar-refractivity contribution in [1.82, 2.24) is 5.32 Å². The van der Waals surface area contributed by atoms with Crippen LogP contribution in [0, 0.1) is 0 Å². The standard InChI is InChI=1S/C18H22N4O3.HI/c1-24-15-9-8-13(10-16(15)25-2)11-20-18(19)21-12-17(23)22-14-6-4-3-5-7-14;/h3-10H,11-12H2,1-2H3,(H,22,23)(H3,19,20,21);1H. The van der Waals surface area contributed by atoms with Crippen LogP contribution in [0.3, 0.4) is 0 Å². The number of nitrogens with zero attached hydrogens (tertiary/aromatic N) is 1. The molecule has 8 heteroatoms. The second-order valence-electron chi connectivity index (χ2n) is 5.16. The number of rotatable bonds is 7. The van der Waals surface area contributed by atoms with Gasteiger partial charge in [-0.15, -0.1) is 24.0 Å². The van der Waals surface area contributed by atoms with Gasteiger partial charge < -0.3 is 25.8 Å². The zero-order chi connectivity index (χ0) is 18.1. The van der Waals surface area contributed by atoms with Crippen molar-refractivity contribution in [2.45, 2.75) is 6.54 Å². The first kappa shape index (κ1) is 21.6. The summed E-state index contributed by atoms with van der Waals surface area (Å²) in [5.41, 5.74) is 7.44. The summed E-state index contributed by atoms with van der Waals surface area (Å²) in [4.78, 5) is 16.0. The number of benzene rings is 2. The lowest BCUT2D eigenvalue weighted by Gasteiger charge is -2.09. The second kappa shape index (κ2) is 11.2. The Morgan fingerprint density at radius 1 is 1.08 bits per heavy atom. The smallest absolute Gasteiger partial charge is 0.243 e. The monoisotopic (exact) mass is 470 g/mol. The first-order chi connectivity index (χ1) is 12.1. The molecule has 0 aromatic heterocycles. The Hall–Kier alpha value is -2.49. The van der Waals surface area contributed by atoms with E-state index in [4.69, 9.17) is 15.2 Å². The van der Waals surface area contributed by atoms with E-state index in [0.29, 0.717) is 18.0 Å². The Bertz CT molecular complexity index is 738. The van der Waals surface area contributed by atoms with Crippen LogP contribution in [0.1, 0.15) is 5.56 Å². The number of aliphatic imine (C=N–C) groups is 1. The molecule has 2 rings (SSSR count). The summed E-state index contributed by atoms with van der Waals surface area (Å²) < 4.78 is 10.4. The molecule has 2 aromatic rings. The van der Waals surface area contributed by atoms with Crippen molar-refractivity contribution in [2.75, 3.05) is 26.1 Å². The lowest BCUT2D eigenvalue weighted by molar-refractivity contribution is -0.115. The summed E-state index contributed by atoms with van der Waals surface area (Å²) in [6.45, 7) is 0.398. The molecular weight excluding hydrogens is 447 g/mol. The number of amides is 1. The number of nitrogens with one attached hydrogen (secondary N) is 2. The van der Waals surface area contributed by atoms with Gasteiger partial charge in [-0.2, -0.15) is 0 Å². The number of ether oxygens (including phenoxy) is 2. The summed E-state index contributed by atoms with van der Waals surface area (Å²) in [7, 11) is 3.16. The third-order valence-electron chi connectivity index (χ3n) is 3.37. The van der Waals surface area contributed by atoms with E-state index in [1.165, 1.54) is 0 Å². The molecule has 4 N–H and O–H groups in total. The van der Waals surface area contributed by atoms with E-state index in [1.807, 2.05) is 42.5 Å². The van der Waals surface area contributed by atoms with Gasteiger partial charge in [-0.3, -0.25) is 4.79 Å². The number of halogens is 1. The predicted molar refractivity (Wildman–Crippen MR) is 113 cm³/mol. The molecule has 0 fully saturated rings. The molecule has 0 radical (unpaired) electrons. The molecule has 26 heavy (non-hydrogen) atoms. The van der Waals surface area contributed by atoms with Crippen LogP contribution >= 0.6 is 24.0 Å². The summed E-state index contributed by atoms with van der Waals surface area (Å²) in [5, 5.41) is 5.54. The lowest BCUT2D eigenvalue weighted by atomic mass is 10.2. The third kappa shape index (κ3) is 6.79. The van der Waals surface area contributed by atoms with E-state index in [2.05, 4.69) is 15.6 Å². The number of guanidine groups is 1. The van der Waals surface area contributed by atoms with Crippen LogP contribution in [-0.2, 0) is 11.3 Å². The molecule has 0 saturated carbocycles. The third-order valence-corrected chi connectivity index (χ3v) is 3.37. The maximum absolute atomic E-state index is 11.8. The number of anilines is 1. The molecule has 0 saturated heterocycles. The lowest BCUT2D eigenvalue weighted by Crippen LogP contribution is -2.37. The number of nitrogens with two attached hydrogens (primary N) is 1. The van der Waals surface area contributed by atoms with Gasteiger partial charge in [0.25, 0.3) is 0 Å². The fourth-order valence-electron chi connectivity index (χ4n) is 2.11. The SMILES string of the molecule is COc1ccc(CN=C(N)NCC(=O)Nc2ccccc2)cc1OC.I. The highest BCUT2D eigenvalue weighted by molar-refractivity contribution is 14.0. The molecule has 0 aliphatic heterocycles. The van der Waals surface area contributed by atoms with Gasteiger partial charge in [0, 0.05) is 5.69 Å². The van der Waals surface area contributed by atoms with Crippen molar-refractivity contribution in [3.05, 3.63) is 54.1 Å². The summed E-state index contributed by atoms with van der Waals surface area (Å²) in [6.07, 6.45) is 0. The number of carbonyl (C=O) groups is 1. The van der Waals surface area contributed by atoms with Gasteiger partial charge in [-0.1, -0.05) is 24.3 Å². The van der Waals surface area contributed by atoms with Gasteiger partial charge in [0.15, 0.2) is 17.5 Å². The second-order valence-corrected chi connectivity index (χ2v) is 5.16. The van der Waals surface area contributed by atoms with Crippen LogP contribution < -0.4 is 25.8 Å². The molecule has 0 bridgehead atoms. The number of carbonyl (C=O) groups excluding carboxylic acids is 1. The topological polar surface area (TPSA) is 98.0 Å². The van der Waals surface area contributed by atoms with Crippen LogP contribution in [0.5, 0.6) is 11.5 Å². The van der Waals surface area contributed by atoms with E-state index < -0.39 is 0 Å². The van der Waals surface area contributed by atoms with Crippen LogP contribution in [0.4, 0.5) is 5.69 Å². The molecule has 140 valence electrons. The molecule has 0 unspecified atom stereocenters. The molecule has 2 aromatic carbocycles. The number of para-hydroxylation sites is 1. The Morgan fingerprint density at radius 3 is 2.42 bits per heavy atom. The maximum Gasteiger partial charge on any atom is 0.243 e. The first-order valence-corrected chi connectivity index (χ1v) is 7.72. The summed E-state index contributed by atoms with van der Waals surface area (Å²) in [5.74, 6) is 1.27. The fraction of sp³-hybridized carbons (Fsp3) is 0.222. The Morgan fingerprint density at radius 2 is 1.77 bits per heavy atom. The van der Waals surface area contributed by atoms with Crippen LogP contribution in [0.15, 0.2) is 53.5 Å². The van der Waals surface area contributed by atoms with Crippen molar-refractivity contribution in [2.24, 2.45) is 10.7 Å². The number of methoxy groups -OCH3 is 2. The first-order valence-electron chi connectivity index (χ1n) is 7.72. The van der Waals surface area contributed by atoms with Gasteiger partial charge in [0.1, 0.15) is 0 Å². The number of hydrogen-bond acceptors (Lipinski definition) is 4. The largest absolute Gasteiger partial charge is 0.493 e. The zero-order valence-corrected chi connectivity index (χ0v) is 17.0. The van der Waals surface area contributed by atoms with E-state index >= 15 is 0 Å². The van der Waals surface area contributed by atoms with Crippen molar-refractivity contribution >= 4 is 41.5 Å². The molecule has 7 nitrogen and oxygen atoms in total.